The molecule has 0 atom stereocenters. The Morgan fingerprint density at radius 2 is 1.95 bits per heavy atom. The van der Waals surface area contributed by atoms with Crippen molar-refractivity contribution in [2.45, 2.75) is 6.54 Å². The molecule has 1 N–H and O–H groups in total. The predicted octanol–water partition coefficient (Wildman–Crippen LogP) is 2.93. The minimum Gasteiger partial charge on any atom is -0.381 e. The number of tetrazole rings is 1. The van der Waals surface area contributed by atoms with Gasteiger partial charge in [-0.15, -0.1) is 5.10 Å². The number of rotatable bonds is 4. The molecule has 0 spiro atoms. The second-order valence-corrected chi connectivity index (χ2v) is 4.72. The first-order valence-corrected chi connectivity index (χ1v) is 6.51. The fraction of sp³-hybridized carbons (Fsp3) is 0.0714. The van der Waals surface area contributed by atoms with Crippen molar-refractivity contribution in [1.29, 1.82) is 0 Å². The molecule has 0 saturated carbocycles. The third kappa shape index (κ3) is 2.95. The van der Waals surface area contributed by atoms with Gasteiger partial charge in [-0.3, -0.25) is 0 Å². The summed E-state index contributed by atoms with van der Waals surface area (Å²) in [5.74, 6) is 0. The van der Waals surface area contributed by atoms with E-state index in [2.05, 4.69) is 20.8 Å². The molecule has 3 aromatic rings. The Hall–Kier alpha value is -2.40. The van der Waals surface area contributed by atoms with Gasteiger partial charge in [0.2, 0.25) is 0 Å². The monoisotopic (exact) mass is 285 g/mol. The van der Waals surface area contributed by atoms with E-state index in [0.29, 0.717) is 0 Å². The summed E-state index contributed by atoms with van der Waals surface area (Å²) in [5.41, 5.74) is 3.09. The van der Waals surface area contributed by atoms with Crippen molar-refractivity contribution in [3.63, 3.8) is 0 Å². The fourth-order valence-electron chi connectivity index (χ4n) is 1.84. The van der Waals surface area contributed by atoms with E-state index in [1.54, 1.807) is 11.0 Å². The third-order valence-corrected chi connectivity index (χ3v) is 3.12. The van der Waals surface area contributed by atoms with E-state index < -0.39 is 0 Å². The van der Waals surface area contributed by atoms with Crippen LogP contribution in [0.4, 0.5) is 5.69 Å². The van der Waals surface area contributed by atoms with Gasteiger partial charge < -0.3 is 5.32 Å². The van der Waals surface area contributed by atoms with Crippen LogP contribution in [0.5, 0.6) is 0 Å². The number of nitrogens with one attached hydrogen (secondary N) is 1. The van der Waals surface area contributed by atoms with Gasteiger partial charge in [-0.05, 0) is 46.3 Å². The molecule has 6 heteroatoms. The molecule has 0 unspecified atom stereocenters. The fourth-order valence-corrected chi connectivity index (χ4v) is 1.97. The molecule has 1 heterocycles. The second-order valence-electron chi connectivity index (χ2n) is 4.28. The maximum Gasteiger partial charge on any atom is 0.143 e. The van der Waals surface area contributed by atoms with Gasteiger partial charge in [-0.2, -0.15) is 0 Å². The van der Waals surface area contributed by atoms with Gasteiger partial charge in [0.15, 0.2) is 0 Å². The lowest BCUT2D eigenvalue weighted by Gasteiger charge is -2.08. The lowest BCUT2D eigenvalue weighted by molar-refractivity contribution is 0.789. The molecular formula is C14H12ClN5. The Balaban J connectivity index is 1.72. The lowest BCUT2D eigenvalue weighted by Crippen LogP contribution is -2.01. The quantitative estimate of drug-likeness (QED) is 0.801. The Kier molecular flexibility index (Phi) is 3.60. The molecule has 100 valence electrons. The summed E-state index contributed by atoms with van der Waals surface area (Å²) in [6.45, 7) is 0.732. The average molecular weight is 286 g/mol. The Labute approximate surface area is 121 Å². The molecular weight excluding hydrogens is 274 g/mol. The topological polar surface area (TPSA) is 55.6 Å². The number of hydrogen-bond donors (Lipinski definition) is 1. The van der Waals surface area contributed by atoms with E-state index in [1.165, 1.54) is 5.56 Å². The summed E-state index contributed by atoms with van der Waals surface area (Å²) >= 11 is 5.86. The summed E-state index contributed by atoms with van der Waals surface area (Å²) in [6, 6.07) is 15.7. The van der Waals surface area contributed by atoms with Crippen LogP contribution in [0.1, 0.15) is 5.56 Å². The zero-order chi connectivity index (χ0) is 13.8. The maximum absolute atomic E-state index is 5.86. The highest BCUT2D eigenvalue weighted by Crippen LogP contribution is 2.15. The van der Waals surface area contributed by atoms with Gasteiger partial charge in [0.25, 0.3) is 0 Å². The maximum atomic E-state index is 5.86. The Morgan fingerprint density at radius 3 is 2.70 bits per heavy atom. The van der Waals surface area contributed by atoms with Crippen molar-refractivity contribution in [2.24, 2.45) is 0 Å². The largest absolute Gasteiger partial charge is 0.381 e. The summed E-state index contributed by atoms with van der Waals surface area (Å²) in [4.78, 5) is 0. The summed E-state index contributed by atoms with van der Waals surface area (Å²) < 4.78 is 1.62. The van der Waals surface area contributed by atoms with Crippen LogP contribution in [0.15, 0.2) is 54.9 Å². The molecule has 1 aromatic heterocycles. The number of aromatic nitrogens is 4. The van der Waals surface area contributed by atoms with Crippen LogP contribution < -0.4 is 5.32 Å². The molecule has 0 saturated heterocycles. The van der Waals surface area contributed by atoms with Gasteiger partial charge >= 0.3 is 0 Å². The van der Waals surface area contributed by atoms with E-state index in [4.69, 9.17) is 11.6 Å². The minimum absolute atomic E-state index is 0.732. The van der Waals surface area contributed by atoms with E-state index in [-0.39, 0.29) is 0 Å². The molecule has 0 aliphatic rings. The van der Waals surface area contributed by atoms with Gasteiger partial charge in [0.1, 0.15) is 6.33 Å². The average Bonchev–Trinajstić information content (AvgIpc) is 3.01. The van der Waals surface area contributed by atoms with Crippen LogP contribution in [0.2, 0.25) is 5.02 Å². The van der Waals surface area contributed by atoms with Crippen LogP contribution in [0, 0.1) is 0 Å². The molecule has 0 radical (unpaired) electrons. The number of anilines is 1. The number of benzene rings is 2. The summed E-state index contributed by atoms with van der Waals surface area (Å²) in [5, 5.41) is 15.2. The standard InChI is InChI=1S/C14H12ClN5/c15-12-6-4-11(5-7-12)9-16-13-2-1-3-14(8-13)20-10-17-18-19-20/h1-8,10,16H,9H2. The van der Waals surface area contributed by atoms with Crippen molar-refractivity contribution >= 4 is 17.3 Å². The molecule has 0 amide bonds. The van der Waals surface area contributed by atoms with E-state index in [9.17, 15) is 0 Å². The molecule has 2 aromatic carbocycles. The van der Waals surface area contributed by atoms with Crippen LogP contribution in [-0.4, -0.2) is 20.2 Å². The molecule has 20 heavy (non-hydrogen) atoms. The lowest BCUT2D eigenvalue weighted by atomic mass is 10.2. The van der Waals surface area contributed by atoms with Crippen molar-refractivity contribution in [3.05, 3.63) is 65.4 Å². The van der Waals surface area contributed by atoms with E-state index >= 15 is 0 Å². The first-order chi connectivity index (χ1) is 9.81. The predicted molar refractivity (Wildman–Crippen MR) is 77.9 cm³/mol. The molecule has 0 fully saturated rings. The highest BCUT2D eigenvalue weighted by atomic mass is 35.5. The van der Waals surface area contributed by atoms with Crippen LogP contribution in [-0.2, 0) is 6.54 Å². The number of nitrogens with zero attached hydrogens (tertiary/aromatic N) is 4. The first-order valence-electron chi connectivity index (χ1n) is 6.13. The van der Waals surface area contributed by atoms with Crippen molar-refractivity contribution in [2.75, 3.05) is 5.32 Å². The highest BCUT2D eigenvalue weighted by Gasteiger charge is 2.00. The zero-order valence-electron chi connectivity index (χ0n) is 10.6. The second kappa shape index (κ2) is 5.71. The van der Waals surface area contributed by atoms with Gasteiger partial charge in [-0.1, -0.05) is 29.8 Å². The minimum atomic E-state index is 0.732. The molecule has 3 rings (SSSR count). The van der Waals surface area contributed by atoms with Gasteiger partial charge in [0.05, 0.1) is 5.69 Å². The smallest absolute Gasteiger partial charge is 0.143 e. The van der Waals surface area contributed by atoms with Crippen LogP contribution in [0.3, 0.4) is 0 Å². The van der Waals surface area contributed by atoms with Crippen molar-refractivity contribution in [1.82, 2.24) is 20.2 Å². The SMILES string of the molecule is Clc1ccc(CNc2cccc(-n3cnnn3)c2)cc1. The molecule has 0 bridgehead atoms. The van der Waals surface area contributed by atoms with Gasteiger partial charge in [-0.25, -0.2) is 4.68 Å². The van der Waals surface area contributed by atoms with Crippen molar-refractivity contribution in [3.8, 4) is 5.69 Å². The molecule has 5 nitrogen and oxygen atoms in total. The number of halogens is 1. The van der Waals surface area contributed by atoms with Gasteiger partial charge in [0, 0.05) is 17.3 Å². The Morgan fingerprint density at radius 1 is 1.10 bits per heavy atom. The van der Waals surface area contributed by atoms with Crippen LogP contribution >= 0.6 is 11.6 Å². The molecule has 0 aliphatic heterocycles. The number of hydrogen-bond acceptors (Lipinski definition) is 4. The highest BCUT2D eigenvalue weighted by molar-refractivity contribution is 6.30. The van der Waals surface area contributed by atoms with Crippen LogP contribution in [0.25, 0.3) is 5.69 Å². The normalized spacial score (nSPS) is 10.4. The third-order valence-electron chi connectivity index (χ3n) is 2.87. The zero-order valence-corrected chi connectivity index (χ0v) is 11.3. The van der Waals surface area contributed by atoms with E-state index in [1.807, 2.05) is 48.5 Å². The first kappa shape index (κ1) is 12.6. The Bertz CT molecular complexity index is 679. The summed E-state index contributed by atoms with van der Waals surface area (Å²) in [7, 11) is 0. The van der Waals surface area contributed by atoms with Crippen molar-refractivity contribution < 1.29 is 0 Å². The van der Waals surface area contributed by atoms with E-state index in [0.717, 1.165) is 22.9 Å². The molecule has 0 aliphatic carbocycles. The summed E-state index contributed by atoms with van der Waals surface area (Å²) in [6.07, 6.45) is 1.57.